The minimum atomic E-state index is -0.186. The van der Waals surface area contributed by atoms with Crippen molar-refractivity contribution in [3.63, 3.8) is 0 Å². The summed E-state index contributed by atoms with van der Waals surface area (Å²) in [6.07, 6.45) is 13.3. The van der Waals surface area contributed by atoms with Crippen LogP contribution in [0.25, 0.3) is 6.08 Å². The summed E-state index contributed by atoms with van der Waals surface area (Å²) in [6, 6.07) is 3.03. The van der Waals surface area contributed by atoms with E-state index in [1.54, 1.807) is 6.08 Å². The van der Waals surface area contributed by atoms with Crippen molar-refractivity contribution in [1.29, 1.82) is 0 Å². The average molecular weight is 344 g/mol. The molecule has 138 valence electrons. The second kappa shape index (κ2) is 8.22. The standard InChI is InChI=1S/C21H32N2O2/c1-15-14-17(16(2)23(15)19-6-4-3-5-7-19)8-13-21(25)22-18-9-11-20(24)12-10-18/h8,13-14,18-20,24H,3-7,9-12H2,1-2H3,(H,22,25)/b13-8+. The highest BCUT2D eigenvalue weighted by Gasteiger charge is 2.21. The number of amides is 1. The number of hydrogen-bond acceptors (Lipinski definition) is 2. The van der Waals surface area contributed by atoms with Crippen LogP contribution in [0.1, 0.15) is 80.8 Å². The lowest BCUT2D eigenvalue weighted by molar-refractivity contribution is -0.117. The normalized spacial score (nSPS) is 25.4. The molecule has 2 saturated carbocycles. The molecule has 1 amide bonds. The topological polar surface area (TPSA) is 54.3 Å². The van der Waals surface area contributed by atoms with Crippen LogP contribution in [-0.4, -0.2) is 27.7 Å². The molecule has 1 aromatic heterocycles. The van der Waals surface area contributed by atoms with Crippen LogP contribution in [0, 0.1) is 13.8 Å². The van der Waals surface area contributed by atoms with Crippen molar-refractivity contribution in [2.75, 3.05) is 0 Å². The van der Waals surface area contributed by atoms with Gasteiger partial charge >= 0.3 is 0 Å². The molecule has 2 N–H and O–H groups in total. The van der Waals surface area contributed by atoms with Gasteiger partial charge in [-0.05, 0) is 70.1 Å². The molecule has 4 nitrogen and oxygen atoms in total. The van der Waals surface area contributed by atoms with Gasteiger partial charge in [0, 0.05) is 29.5 Å². The number of nitrogens with one attached hydrogen (secondary N) is 1. The quantitative estimate of drug-likeness (QED) is 0.810. The van der Waals surface area contributed by atoms with Gasteiger partial charge in [0.05, 0.1) is 6.10 Å². The van der Waals surface area contributed by atoms with Gasteiger partial charge in [0.2, 0.25) is 5.91 Å². The van der Waals surface area contributed by atoms with Gasteiger partial charge in [-0.2, -0.15) is 0 Å². The summed E-state index contributed by atoms with van der Waals surface area (Å²) in [5.41, 5.74) is 3.72. The lowest BCUT2D eigenvalue weighted by atomic mass is 9.93. The highest BCUT2D eigenvalue weighted by Crippen LogP contribution is 2.32. The van der Waals surface area contributed by atoms with Crippen LogP contribution in [0.15, 0.2) is 12.1 Å². The Kier molecular flexibility index (Phi) is 6.00. The zero-order chi connectivity index (χ0) is 17.8. The summed E-state index contributed by atoms with van der Waals surface area (Å²) < 4.78 is 2.47. The molecule has 2 fully saturated rings. The Bertz CT molecular complexity index is 618. The van der Waals surface area contributed by atoms with E-state index in [1.807, 2.05) is 6.08 Å². The van der Waals surface area contributed by atoms with Gasteiger partial charge in [0.25, 0.3) is 0 Å². The zero-order valence-electron chi connectivity index (χ0n) is 15.6. The van der Waals surface area contributed by atoms with Crippen LogP contribution in [0.4, 0.5) is 0 Å². The maximum absolute atomic E-state index is 12.2. The van der Waals surface area contributed by atoms with Crippen LogP contribution in [-0.2, 0) is 4.79 Å². The summed E-state index contributed by atoms with van der Waals surface area (Å²) in [7, 11) is 0. The Hall–Kier alpha value is -1.55. The van der Waals surface area contributed by atoms with Gasteiger partial charge in [-0.25, -0.2) is 0 Å². The van der Waals surface area contributed by atoms with Crippen LogP contribution in [0.2, 0.25) is 0 Å². The first-order valence-corrected chi connectivity index (χ1v) is 9.89. The van der Waals surface area contributed by atoms with E-state index in [-0.39, 0.29) is 18.1 Å². The number of aliphatic hydroxyl groups excluding tert-OH is 1. The summed E-state index contributed by atoms with van der Waals surface area (Å²) in [5.74, 6) is -0.0242. The van der Waals surface area contributed by atoms with Gasteiger partial charge in [-0.3, -0.25) is 4.79 Å². The van der Waals surface area contributed by atoms with E-state index in [2.05, 4.69) is 29.8 Å². The molecular weight excluding hydrogens is 312 g/mol. The molecule has 0 saturated heterocycles. The summed E-state index contributed by atoms with van der Waals surface area (Å²) in [4.78, 5) is 12.2. The number of nitrogens with zero attached hydrogens (tertiary/aromatic N) is 1. The molecule has 4 heteroatoms. The van der Waals surface area contributed by atoms with Crippen molar-refractivity contribution in [3.8, 4) is 0 Å². The van der Waals surface area contributed by atoms with Crippen molar-refractivity contribution >= 4 is 12.0 Å². The Balaban J connectivity index is 1.62. The Morgan fingerprint density at radius 3 is 2.48 bits per heavy atom. The molecule has 1 aromatic rings. The molecule has 2 aliphatic carbocycles. The smallest absolute Gasteiger partial charge is 0.244 e. The predicted molar refractivity (Wildman–Crippen MR) is 101 cm³/mol. The summed E-state index contributed by atoms with van der Waals surface area (Å²) >= 11 is 0. The fourth-order valence-corrected chi connectivity index (χ4v) is 4.51. The van der Waals surface area contributed by atoms with E-state index in [4.69, 9.17) is 0 Å². The van der Waals surface area contributed by atoms with Gasteiger partial charge in [0.15, 0.2) is 0 Å². The van der Waals surface area contributed by atoms with E-state index in [0.29, 0.717) is 6.04 Å². The molecule has 0 radical (unpaired) electrons. The second-order valence-corrected chi connectivity index (χ2v) is 7.84. The molecule has 0 aromatic carbocycles. The molecule has 0 aliphatic heterocycles. The second-order valence-electron chi connectivity index (χ2n) is 7.84. The Morgan fingerprint density at radius 1 is 1.12 bits per heavy atom. The van der Waals surface area contributed by atoms with E-state index in [1.165, 1.54) is 43.5 Å². The largest absolute Gasteiger partial charge is 0.393 e. The third-order valence-electron chi connectivity index (χ3n) is 5.92. The first-order chi connectivity index (χ1) is 12.0. The number of aryl methyl sites for hydroxylation is 1. The molecule has 0 spiro atoms. The minimum Gasteiger partial charge on any atom is -0.393 e. The van der Waals surface area contributed by atoms with Crippen LogP contribution in [0.5, 0.6) is 0 Å². The third kappa shape index (κ3) is 4.55. The van der Waals surface area contributed by atoms with Crippen molar-refractivity contribution in [1.82, 2.24) is 9.88 Å². The number of carbonyl (C=O) groups excluding carboxylic acids is 1. The van der Waals surface area contributed by atoms with Crippen LogP contribution >= 0.6 is 0 Å². The zero-order valence-corrected chi connectivity index (χ0v) is 15.6. The number of aromatic nitrogens is 1. The van der Waals surface area contributed by atoms with Crippen LogP contribution < -0.4 is 5.32 Å². The highest BCUT2D eigenvalue weighted by molar-refractivity contribution is 5.92. The molecule has 0 bridgehead atoms. The Labute approximate surface area is 151 Å². The molecule has 2 aliphatic rings. The summed E-state index contributed by atoms with van der Waals surface area (Å²) in [6.45, 7) is 4.34. The van der Waals surface area contributed by atoms with E-state index < -0.39 is 0 Å². The Morgan fingerprint density at radius 2 is 1.80 bits per heavy atom. The monoisotopic (exact) mass is 344 g/mol. The molecule has 25 heavy (non-hydrogen) atoms. The number of carbonyl (C=O) groups is 1. The maximum Gasteiger partial charge on any atom is 0.244 e. The molecule has 1 heterocycles. The lowest BCUT2D eigenvalue weighted by Gasteiger charge is -2.26. The molecular formula is C21H32N2O2. The molecule has 3 rings (SSSR count). The first kappa shape index (κ1) is 18.2. The number of rotatable bonds is 4. The van der Waals surface area contributed by atoms with Gasteiger partial charge in [0.1, 0.15) is 0 Å². The van der Waals surface area contributed by atoms with Gasteiger partial charge in [-0.1, -0.05) is 19.3 Å². The highest BCUT2D eigenvalue weighted by atomic mass is 16.3. The van der Waals surface area contributed by atoms with Crippen molar-refractivity contribution in [3.05, 3.63) is 29.1 Å². The lowest BCUT2D eigenvalue weighted by Crippen LogP contribution is -2.37. The van der Waals surface area contributed by atoms with E-state index in [9.17, 15) is 9.90 Å². The predicted octanol–water partition coefficient (Wildman–Crippen LogP) is 4.04. The molecule has 0 atom stereocenters. The molecule has 0 unspecified atom stereocenters. The SMILES string of the molecule is Cc1cc(/C=C/C(=O)NC2CCC(O)CC2)c(C)n1C1CCCCC1. The van der Waals surface area contributed by atoms with E-state index in [0.717, 1.165) is 31.2 Å². The van der Waals surface area contributed by atoms with E-state index >= 15 is 0 Å². The van der Waals surface area contributed by atoms with Gasteiger partial charge < -0.3 is 15.0 Å². The van der Waals surface area contributed by atoms with Crippen molar-refractivity contribution < 1.29 is 9.90 Å². The fraction of sp³-hybridized carbons (Fsp3) is 0.667. The average Bonchev–Trinajstić information content (AvgIpc) is 2.89. The van der Waals surface area contributed by atoms with Crippen molar-refractivity contribution in [2.45, 2.75) is 89.8 Å². The maximum atomic E-state index is 12.2. The van der Waals surface area contributed by atoms with Crippen molar-refractivity contribution in [2.24, 2.45) is 0 Å². The minimum absolute atomic E-state index is 0.0242. The summed E-state index contributed by atoms with van der Waals surface area (Å²) in [5, 5.41) is 12.6. The van der Waals surface area contributed by atoms with Gasteiger partial charge in [-0.15, -0.1) is 0 Å². The number of hydrogen-bond donors (Lipinski definition) is 2. The fourth-order valence-electron chi connectivity index (χ4n) is 4.51. The van der Waals surface area contributed by atoms with Crippen LogP contribution in [0.3, 0.4) is 0 Å². The first-order valence-electron chi connectivity index (χ1n) is 9.89. The number of aliphatic hydroxyl groups is 1. The third-order valence-corrected chi connectivity index (χ3v) is 5.92.